The van der Waals surface area contributed by atoms with Gasteiger partial charge < -0.3 is 10.6 Å². The molecule has 9 heteroatoms. The largest absolute Gasteiger partial charge is 0.354 e. The van der Waals surface area contributed by atoms with E-state index in [0.29, 0.717) is 16.9 Å². The molecule has 2 N–H and O–H groups in total. The number of fused-ring (bicyclic) bond motifs is 1. The van der Waals surface area contributed by atoms with Crippen molar-refractivity contribution in [3.63, 3.8) is 0 Å². The minimum atomic E-state index is -0.424. The van der Waals surface area contributed by atoms with Crippen molar-refractivity contribution < 1.29 is 9.59 Å². The first-order valence-electron chi connectivity index (χ1n) is 8.95. The van der Waals surface area contributed by atoms with Crippen molar-refractivity contribution in [3.05, 3.63) is 65.7 Å². The maximum atomic E-state index is 12.9. The van der Waals surface area contributed by atoms with Gasteiger partial charge in [0, 0.05) is 32.1 Å². The van der Waals surface area contributed by atoms with E-state index in [1.165, 1.54) is 17.9 Å². The Morgan fingerprint density at radius 1 is 1.07 bits per heavy atom. The fourth-order valence-electron chi connectivity index (χ4n) is 3.05. The van der Waals surface area contributed by atoms with E-state index in [4.69, 9.17) is 0 Å². The molecule has 0 radical (unpaired) electrons. The predicted octanol–water partition coefficient (Wildman–Crippen LogP) is 2.05. The summed E-state index contributed by atoms with van der Waals surface area (Å²) in [5, 5.41) is 13.7. The zero-order valence-corrected chi connectivity index (χ0v) is 16.2. The van der Waals surface area contributed by atoms with E-state index in [-0.39, 0.29) is 11.6 Å². The molecule has 4 aromatic rings. The van der Waals surface area contributed by atoms with Crippen molar-refractivity contribution in [3.8, 4) is 11.3 Å². The lowest BCUT2D eigenvalue weighted by molar-refractivity contribution is 0.0958. The zero-order valence-electron chi connectivity index (χ0n) is 16.2. The number of anilines is 1. The third-order valence-corrected chi connectivity index (χ3v) is 4.51. The molecule has 3 heterocycles. The van der Waals surface area contributed by atoms with Crippen molar-refractivity contribution >= 4 is 23.1 Å². The van der Waals surface area contributed by atoms with Crippen LogP contribution in [0.1, 0.15) is 26.4 Å². The molecule has 0 aliphatic carbocycles. The number of nitrogens with one attached hydrogen (secondary N) is 2. The summed E-state index contributed by atoms with van der Waals surface area (Å²) in [5.74, 6) is -0.813. The molecule has 4 rings (SSSR count). The zero-order chi connectivity index (χ0) is 20.5. The van der Waals surface area contributed by atoms with E-state index in [1.54, 1.807) is 24.0 Å². The summed E-state index contributed by atoms with van der Waals surface area (Å²) < 4.78 is 3.09. The Morgan fingerprint density at radius 3 is 2.55 bits per heavy atom. The molecule has 1 aromatic carbocycles. The first-order valence-corrected chi connectivity index (χ1v) is 8.95. The molecule has 0 aliphatic heterocycles. The summed E-state index contributed by atoms with van der Waals surface area (Å²) in [6.07, 6.45) is 4.67. The van der Waals surface area contributed by atoms with Gasteiger partial charge in [-0.3, -0.25) is 14.3 Å². The van der Waals surface area contributed by atoms with Crippen molar-refractivity contribution in [2.45, 2.75) is 6.92 Å². The van der Waals surface area contributed by atoms with Crippen molar-refractivity contribution in [1.29, 1.82) is 0 Å². The first kappa shape index (κ1) is 18.4. The summed E-state index contributed by atoms with van der Waals surface area (Å²) in [6, 6.07) is 9.87. The highest BCUT2D eigenvalue weighted by Crippen LogP contribution is 2.22. The van der Waals surface area contributed by atoms with Crippen molar-refractivity contribution in [1.82, 2.24) is 29.7 Å². The number of hydrogen-bond acceptors (Lipinski definition) is 5. The summed E-state index contributed by atoms with van der Waals surface area (Å²) >= 11 is 0. The number of rotatable bonds is 4. The predicted molar refractivity (Wildman–Crippen MR) is 108 cm³/mol. The molecule has 0 fully saturated rings. The van der Waals surface area contributed by atoms with Gasteiger partial charge in [-0.05, 0) is 13.0 Å². The molecule has 3 aromatic heterocycles. The number of nitrogens with zero attached hydrogens (tertiary/aromatic N) is 5. The van der Waals surface area contributed by atoms with Gasteiger partial charge in [-0.2, -0.15) is 10.2 Å². The highest BCUT2D eigenvalue weighted by atomic mass is 16.2. The molecule has 0 aliphatic rings. The Balaban J connectivity index is 1.71. The Morgan fingerprint density at radius 2 is 1.83 bits per heavy atom. The van der Waals surface area contributed by atoms with E-state index in [1.807, 2.05) is 37.3 Å². The van der Waals surface area contributed by atoms with Crippen LogP contribution in [0.4, 0.5) is 5.69 Å². The van der Waals surface area contributed by atoms with Crippen LogP contribution in [0.3, 0.4) is 0 Å². The lowest BCUT2D eigenvalue weighted by Gasteiger charge is -2.06. The fraction of sp³-hybridized carbons (Fsp3) is 0.150. The van der Waals surface area contributed by atoms with Gasteiger partial charge in [0.25, 0.3) is 11.8 Å². The average Bonchev–Trinajstić information content (AvgIpc) is 3.31. The molecule has 0 saturated heterocycles. The minimum absolute atomic E-state index is 0.133. The molecular weight excluding hydrogens is 370 g/mol. The number of aromatic nitrogens is 5. The number of amides is 2. The lowest BCUT2D eigenvalue weighted by atomic mass is 10.1. The number of hydrogen-bond donors (Lipinski definition) is 2. The van der Waals surface area contributed by atoms with Crippen LogP contribution in [0, 0.1) is 6.92 Å². The van der Waals surface area contributed by atoms with E-state index in [0.717, 1.165) is 16.8 Å². The Labute approximate surface area is 166 Å². The molecule has 2 amide bonds. The van der Waals surface area contributed by atoms with Crippen LogP contribution in [0.2, 0.25) is 0 Å². The van der Waals surface area contributed by atoms with Crippen LogP contribution < -0.4 is 10.6 Å². The number of aryl methyl sites for hydroxylation is 2. The van der Waals surface area contributed by atoms with E-state index in [9.17, 15) is 9.59 Å². The number of carbonyl (C=O) groups is 2. The topological polar surface area (TPSA) is 106 Å². The van der Waals surface area contributed by atoms with Crippen LogP contribution in [0.5, 0.6) is 0 Å². The van der Waals surface area contributed by atoms with Gasteiger partial charge in [0.2, 0.25) is 0 Å². The third-order valence-electron chi connectivity index (χ3n) is 4.51. The molecule has 0 bridgehead atoms. The maximum absolute atomic E-state index is 12.9. The van der Waals surface area contributed by atoms with Gasteiger partial charge in [-0.25, -0.2) is 9.50 Å². The first-order chi connectivity index (χ1) is 14.0. The van der Waals surface area contributed by atoms with E-state index >= 15 is 0 Å². The van der Waals surface area contributed by atoms with Crippen molar-refractivity contribution in [2.75, 3.05) is 12.4 Å². The normalized spacial score (nSPS) is 10.9. The van der Waals surface area contributed by atoms with Gasteiger partial charge in [0.15, 0.2) is 11.3 Å². The van der Waals surface area contributed by atoms with E-state index < -0.39 is 5.91 Å². The van der Waals surface area contributed by atoms with Gasteiger partial charge in [-0.15, -0.1) is 0 Å². The molecule has 0 atom stereocenters. The van der Waals surface area contributed by atoms with Crippen LogP contribution in [0.25, 0.3) is 16.9 Å². The Kier molecular flexibility index (Phi) is 4.55. The molecule has 0 saturated carbocycles. The van der Waals surface area contributed by atoms with Gasteiger partial charge in [0.1, 0.15) is 5.56 Å². The van der Waals surface area contributed by atoms with Gasteiger partial charge in [-0.1, -0.05) is 29.8 Å². The highest BCUT2D eigenvalue weighted by Gasteiger charge is 2.21. The minimum Gasteiger partial charge on any atom is -0.354 e. The Hall–Kier alpha value is -4.01. The molecule has 29 heavy (non-hydrogen) atoms. The summed E-state index contributed by atoms with van der Waals surface area (Å²) in [5.41, 5.74) is 4.10. The molecule has 0 spiro atoms. The van der Waals surface area contributed by atoms with Crippen LogP contribution in [-0.4, -0.2) is 43.2 Å². The average molecular weight is 389 g/mol. The molecule has 0 unspecified atom stereocenters. The standard InChI is InChI=1S/C20H19N7O2/c1-12-4-6-13(7-5-12)16-8-9-22-18-14(10-23-27(16)18)19(28)24-15-11-26(3)25-17(15)20(29)21-2/h4-11H,1-3H3,(H,21,29)(H,24,28). The van der Waals surface area contributed by atoms with Crippen LogP contribution in [-0.2, 0) is 7.05 Å². The SMILES string of the molecule is CNC(=O)c1nn(C)cc1NC(=O)c1cnn2c(-c3ccc(C)cc3)ccnc12. The lowest BCUT2D eigenvalue weighted by Crippen LogP contribution is -2.21. The molecule has 146 valence electrons. The second-order valence-corrected chi connectivity index (χ2v) is 6.59. The van der Waals surface area contributed by atoms with Gasteiger partial charge in [0.05, 0.1) is 17.6 Å². The molecule has 9 nitrogen and oxygen atoms in total. The third kappa shape index (κ3) is 3.33. The van der Waals surface area contributed by atoms with Crippen LogP contribution in [0.15, 0.2) is 48.9 Å². The monoisotopic (exact) mass is 389 g/mol. The summed E-state index contributed by atoms with van der Waals surface area (Å²) in [4.78, 5) is 29.2. The second kappa shape index (κ2) is 7.19. The quantitative estimate of drug-likeness (QED) is 0.556. The van der Waals surface area contributed by atoms with Crippen LogP contribution >= 0.6 is 0 Å². The number of carbonyl (C=O) groups excluding carboxylic acids is 2. The smallest absolute Gasteiger partial charge is 0.273 e. The van der Waals surface area contributed by atoms with Crippen molar-refractivity contribution in [2.24, 2.45) is 7.05 Å². The molecular formula is C20H19N7O2. The summed E-state index contributed by atoms with van der Waals surface area (Å²) in [6.45, 7) is 2.02. The van der Waals surface area contributed by atoms with Gasteiger partial charge >= 0.3 is 0 Å². The maximum Gasteiger partial charge on any atom is 0.273 e. The highest BCUT2D eigenvalue weighted by molar-refractivity contribution is 6.11. The Bertz CT molecular complexity index is 1220. The van der Waals surface area contributed by atoms with E-state index in [2.05, 4.69) is 25.8 Å². The number of benzene rings is 1. The fourth-order valence-corrected chi connectivity index (χ4v) is 3.05. The summed E-state index contributed by atoms with van der Waals surface area (Å²) in [7, 11) is 3.18. The second-order valence-electron chi connectivity index (χ2n) is 6.59.